The highest BCUT2D eigenvalue weighted by atomic mass is 16.5. The van der Waals surface area contributed by atoms with Gasteiger partial charge in [-0.2, -0.15) is 5.10 Å². The Morgan fingerprint density at radius 1 is 1.35 bits per heavy atom. The van der Waals surface area contributed by atoms with Crippen molar-refractivity contribution in [2.45, 2.75) is 25.8 Å². The second-order valence-corrected chi connectivity index (χ2v) is 4.53. The van der Waals surface area contributed by atoms with Crippen LogP contribution < -0.4 is 4.74 Å². The molecule has 3 heteroatoms. The SMILES string of the molecule is Cc1ccnn1CC1CCOc2ccccc21. The first-order chi connectivity index (χ1) is 8.34. The lowest BCUT2D eigenvalue weighted by atomic mass is 9.93. The molecular formula is C14H16N2O. The van der Waals surface area contributed by atoms with E-state index in [1.165, 1.54) is 11.3 Å². The average molecular weight is 228 g/mol. The molecule has 0 spiro atoms. The lowest BCUT2D eigenvalue weighted by molar-refractivity contribution is 0.256. The van der Waals surface area contributed by atoms with Crippen LogP contribution in [-0.4, -0.2) is 16.4 Å². The van der Waals surface area contributed by atoms with Gasteiger partial charge in [0.1, 0.15) is 5.75 Å². The largest absolute Gasteiger partial charge is 0.493 e. The van der Waals surface area contributed by atoms with Gasteiger partial charge in [0.25, 0.3) is 0 Å². The summed E-state index contributed by atoms with van der Waals surface area (Å²) in [6.45, 7) is 3.85. The third-order valence-electron chi connectivity index (χ3n) is 3.40. The predicted molar refractivity (Wildman–Crippen MR) is 66.3 cm³/mol. The number of nitrogens with zero attached hydrogens (tertiary/aromatic N) is 2. The maximum atomic E-state index is 5.67. The quantitative estimate of drug-likeness (QED) is 0.790. The average Bonchev–Trinajstić information content (AvgIpc) is 2.76. The molecule has 0 radical (unpaired) electrons. The summed E-state index contributed by atoms with van der Waals surface area (Å²) in [5, 5.41) is 4.36. The van der Waals surface area contributed by atoms with Crippen LogP contribution in [0.5, 0.6) is 5.75 Å². The molecule has 0 saturated carbocycles. The van der Waals surface area contributed by atoms with Crippen molar-refractivity contribution in [3.63, 3.8) is 0 Å². The molecule has 1 atom stereocenters. The van der Waals surface area contributed by atoms with E-state index in [0.717, 1.165) is 25.3 Å². The molecule has 17 heavy (non-hydrogen) atoms. The fourth-order valence-corrected chi connectivity index (χ4v) is 2.40. The third kappa shape index (κ3) is 1.93. The standard InChI is InChI=1S/C14H16N2O/c1-11-6-8-15-16(11)10-12-7-9-17-14-5-3-2-4-13(12)14/h2-6,8,12H,7,9-10H2,1H3. The van der Waals surface area contributed by atoms with Gasteiger partial charge in [-0.1, -0.05) is 18.2 Å². The topological polar surface area (TPSA) is 27.1 Å². The monoisotopic (exact) mass is 228 g/mol. The molecule has 0 bridgehead atoms. The highest BCUT2D eigenvalue weighted by molar-refractivity contribution is 5.37. The van der Waals surface area contributed by atoms with Gasteiger partial charge in [0.05, 0.1) is 6.61 Å². The molecule has 1 aliphatic rings. The van der Waals surface area contributed by atoms with Crippen molar-refractivity contribution in [2.75, 3.05) is 6.61 Å². The van der Waals surface area contributed by atoms with E-state index >= 15 is 0 Å². The number of benzene rings is 1. The van der Waals surface area contributed by atoms with E-state index in [2.05, 4.69) is 34.9 Å². The number of fused-ring (bicyclic) bond motifs is 1. The molecule has 1 aromatic carbocycles. The van der Waals surface area contributed by atoms with Gasteiger partial charge >= 0.3 is 0 Å². The Morgan fingerprint density at radius 2 is 2.24 bits per heavy atom. The summed E-state index contributed by atoms with van der Waals surface area (Å²) >= 11 is 0. The van der Waals surface area contributed by atoms with Crippen molar-refractivity contribution < 1.29 is 4.74 Å². The lowest BCUT2D eigenvalue weighted by Gasteiger charge is -2.26. The second-order valence-electron chi connectivity index (χ2n) is 4.53. The molecule has 0 fully saturated rings. The third-order valence-corrected chi connectivity index (χ3v) is 3.40. The van der Waals surface area contributed by atoms with E-state index in [4.69, 9.17) is 4.74 Å². The van der Waals surface area contributed by atoms with Crippen molar-refractivity contribution >= 4 is 0 Å². The van der Waals surface area contributed by atoms with E-state index in [9.17, 15) is 0 Å². The second kappa shape index (κ2) is 4.24. The molecule has 1 aliphatic heterocycles. The molecule has 2 heterocycles. The summed E-state index contributed by atoms with van der Waals surface area (Å²) in [5.74, 6) is 1.55. The zero-order valence-electron chi connectivity index (χ0n) is 9.97. The molecule has 0 saturated heterocycles. The Bertz CT molecular complexity index is 518. The minimum Gasteiger partial charge on any atom is -0.493 e. The minimum atomic E-state index is 0.513. The molecule has 1 aromatic heterocycles. The number of hydrogen-bond acceptors (Lipinski definition) is 2. The maximum absolute atomic E-state index is 5.67. The first-order valence-corrected chi connectivity index (χ1v) is 6.05. The van der Waals surface area contributed by atoms with Crippen LogP contribution in [0, 0.1) is 6.92 Å². The van der Waals surface area contributed by atoms with Gasteiger partial charge in [0.15, 0.2) is 0 Å². The number of hydrogen-bond donors (Lipinski definition) is 0. The molecule has 3 rings (SSSR count). The summed E-state index contributed by atoms with van der Waals surface area (Å²) in [4.78, 5) is 0. The summed E-state index contributed by atoms with van der Waals surface area (Å²) in [6, 6.07) is 10.4. The number of aryl methyl sites for hydroxylation is 1. The molecule has 1 unspecified atom stereocenters. The van der Waals surface area contributed by atoms with E-state index in [1.54, 1.807) is 0 Å². The van der Waals surface area contributed by atoms with Crippen LogP contribution in [0.3, 0.4) is 0 Å². The number of aromatic nitrogens is 2. The summed E-state index contributed by atoms with van der Waals surface area (Å²) in [6.07, 6.45) is 2.93. The number of para-hydroxylation sites is 1. The smallest absolute Gasteiger partial charge is 0.122 e. The molecule has 3 nitrogen and oxygen atoms in total. The van der Waals surface area contributed by atoms with Gasteiger partial charge in [0, 0.05) is 24.4 Å². The molecule has 0 amide bonds. The van der Waals surface area contributed by atoms with Gasteiger partial charge in [0.2, 0.25) is 0 Å². The van der Waals surface area contributed by atoms with Crippen molar-refractivity contribution in [1.82, 2.24) is 9.78 Å². The highest BCUT2D eigenvalue weighted by Gasteiger charge is 2.21. The zero-order valence-corrected chi connectivity index (χ0v) is 9.97. The lowest BCUT2D eigenvalue weighted by Crippen LogP contribution is -2.19. The molecular weight excluding hydrogens is 212 g/mol. The van der Waals surface area contributed by atoms with Gasteiger partial charge < -0.3 is 4.74 Å². The van der Waals surface area contributed by atoms with Crippen LogP contribution in [0.4, 0.5) is 0 Å². The minimum absolute atomic E-state index is 0.513. The van der Waals surface area contributed by atoms with Crippen molar-refractivity contribution in [1.29, 1.82) is 0 Å². The van der Waals surface area contributed by atoms with Gasteiger partial charge in [-0.3, -0.25) is 4.68 Å². The van der Waals surface area contributed by atoms with Gasteiger partial charge in [-0.25, -0.2) is 0 Å². The Balaban J connectivity index is 1.88. The summed E-state index contributed by atoms with van der Waals surface area (Å²) in [7, 11) is 0. The fraction of sp³-hybridized carbons (Fsp3) is 0.357. The summed E-state index contributed by atoms with van der Waals surface area (Å²) < 4.78 is 7.75. The van der Waals surface area contributed by atoms with Crippen LogP contribution in [0.1, 0.15) is 23.6 Å². The number of ether oxygens (including phenoxy) is 1. The normalized spacial score (nSPS) is 18.5. The zero-order chi connectivity index (χ0) is 11.7. The number of rotatable bonds is 2. The van der Waals surface area contributed by atoms with Crippen molar-refractivity contribution in [2.24, 2.45) is 0 Å². The highest BCUT2D eigenvalue weighted by Crippen LogP contribution is 2.34. The van der Waals surface area contributed by atoms with Gasteiger partial charge in [-0.15, -0.1) is 0 Å². The molecule has 0 N–H and O–H groups in total. The Morgan fingerprint density at radius 3 is 3.06 bits per heavy atom. The van der Waals surface area contributed by atoms with E-state index in [0.29, 0.717) is 5.92 Å². The van der Waals surface area contributed by atoms with E-state index in [1.807, 2.05) is 18.3 Å². The Labute approximate surface area is 101 Å². The van der Waals surface area contributed by atoms with Crippen LogP contribution in [-0.2, 0) is 6.54 Å². The van der Waals surface area contributed by atoms with Crippen molar-refractivity contribution in [3.05, 3.63) is 47.8 Å². The van der Waals surface area contributed by atoms with Crippen molar-refractivity contribution in [3.8, 4) is 5.75 Å². The molecule has 2 aromatic rings. The van der Waals surface area contributed by atoms with Gasteiger partial charge in [-0.05, 0) is 31.0 Å². The van der Waals surface area contributed by atoms with Crippen LogP contribution >= 0.6 is 0 Å². The van der Waals surface area contributed by atoms with E-state index < -0.39 is 0 Å². The first kappa shape index (κ1) is 10.4. The van der Waals surface area contributed by atoms with Crippen LogP contribution in [0.25, 0.3) is 0 Å². The van der Waals surface area contributed by atoms with Crippen LogP contribution in [0.15, 0.2) is 36.5 Å². The first-order valence-electron chi connectivity index (χ1n) is 6.05. The van der Waals surface area contributed by atoms with Crippen LogP contribution in [0.2, 0.25) is 0 Å². The predicted octanol–water partition coefficient (Wildman–Crippen LogP) is 2.76. The molecule has 0 aliphatic carbocycles. The fourth-order valence-electron chi connectivity index (χ4n) is 2.40. The molecule has 88 valence electrons. The Kier molecular flexibility index (Phi) is 2.59. The maximum Gasteiger partial charge on any atom is 0.122 e. The summed E-state index contributed by atoms with van der Waals surface area (Å²) in [5.41, 5.74) is 2.53. The Hall–Kier alpha value is -1.77. The van der Waals surface area contributed by atoms with E-state index in [-0.39, 0.29) is 0 Å².